The van der Waals surface area contributed by atoms with Gasteiger partial charge in [0, 0.05) is 67.8 Å². The third-order valence-electron chi connectivity index (χ3n) is 7.33. The zero-order valence-corrected chi connectivity index (χ0v) is 20.2. The molecule has 2 fully saturated rings. The van der Waals surface area contributed by atoms with E-state index in [0.29, 0.717) is 0 Å². The number of nitrogens with one attached hydrogen (secondary N) is 2. The van der Waals surface area contributed by atoms with Gasteiger partial charge in [0.2, 0.25) is 0 Å². The first kappa shape index (κ1) is 21.8. The van der Waals surface area contributed by atoms with Crippen molar-refractivity contribution in [3.63, 3.8) is 0 Å². The second-order valence-electron chi connectivity index (χ2n) is 9.77. The average Bonchev–Trinajstić information content (AvgIpc) is 3.53. The number of carbonyl (C=O) groups excluding carboxylic acids is 1. The molecule has 2 N–H and O–H groups in total. The van der Waals surface area contributed by atoms with Crippen LogP contribution in [0.15, 0.2) is 61.1 Å². The first-order valence-electron chi connectivity index (χ1n) is 12.3. The van der Waals surface area contributed by atoms with Crippen molar-refractivity contribution < 1.29 is 4.79 Å². The van der Waals surface area contributed by atoms with Crippen LogP contribution in [0.2, 0.25) is 0 Å². The molecule has 178 valence electrons. The summed E-state index contributed by atoms with van der Waals surface area (Å²) in [4.78, 5) is 20.6. The lowest BCUT2D eigenvalue weighted by atomic mass is 9.94. The molecule has 7 nitrogen and oxygen atoms in total. The maximum Gasteiger partial charge on any atom is 0.252 e. The molecule has 2 aromatic carbocycles. The fourth-order valence-electron chi connectivity index (χ4n) is 5.16. The van der Waals surface area contributed by atoms with Crippen LogP contribution in [0.25, 0.3) is 22.0 Å². The summed E-state index contributed by atoms with van der Waals surface area (Å²) in [5.74, 6) is -0.0131. The zero-order valence-electron chi connectivity index (χ0n) is 20.2. The Bertz CT molecular complexity index is 1410. The Balaban J connectivity index is 1.36. The highest BCUT2D eigenvalue weighted by Crippen LogP contribution is 2.49. The number of rotatable bonds is 5. The van der Waals surface area contributed by atoms with Crippen molar-refractivity contribution in [1.82, 2.24) is 25.4 Å². The number of anilines is 1. The molecule has 35 heavy (non-hydrogen) atoms. The van der Waals surface area contributed by atoms with Gasteiger partial charge in [-0.3, -0.25) is 14.5 Å². The second kappa shape index (κ2) is 8.50. The molecule has 1 aliphatic carbocycles. The van der Waals surface area contributed by atoms with Crippen molar-refractivity contribution in [2.24, 2.45) is 7.05 Å². The lowest BCUT2D eigenvalue weighted by Crippen LogP contribution is -2.43. The summed E-state index contributed by atoms with van der Waals surface area (Å²) in [6.45, 7) is 5.85. The van der Waals surface area contributed by atoms with Gasteiger partial charge in [0.15, 0.2) is 0 Å². The monoisotopic (exact) mass is 466 g/mol. The number of benzene rings is 2. The Morgan fingerprint density at radius 3 is 2.66 bits per heavy atom. The van der Waals surface area contributed by atoms with Gasteiger partial charge >= 0.3 is 0 Å². The van der Waals surface area contributed by atoms with Crippen molar-refractivity contribution >= 4 is 22.5 Å². The van der Waals surface area contributed by atoms with Crippen LogP contribution in [0.5, 0.6) is 0 Å². The van der Waals surface area contributed by atoms with Crippen molar-refractivity contribution in [2.45, 2.75) is 25.3 Å². The van der Waals surface area contributed by atoms with Crippen LogP contribution < -0.4 is 15.5 Å². The Labute approximate surface area is 205 Å². The van der Waals surface area contributed by atoms with Crippen molar-refractivity contribution in [2.75, 3.05) is 31.1 Å². The molecule has 1 saturated carbocycles. The van der Waals surface area contributed by atoms with Crippen molar-refractivity contribution in [3.8, 4) is 11.1 Å². The fraction of sp³-hybridized carbons (Fsp3) is 0.321. The molecule has 1 saturated heterocycles. The van der Waals surface area contributed by atoms with E-state index < -0.39 is 0 Å². The van der Waals surface area contributed by atoms with Crippen LogP contribution in [-0.4, -0.2) is 46.9 Å². The topological polar surface area (TPSA) is 75.1 Å². The number of aromatic nitrogens is 3. The number of fused-ring (bicyclic) bond motifs is 1. The number of pyridine rings is 1. The summed E-state index contributed by atoms with van der Waals surface area (Å²) in [5.41, 5.74) is 6.65. The predicted octanol–water partition coefficient (Wildman–Crippen LogP) is 3.77. The molecule has 2 aliphatic rings. The van der Waals surface area contributed by atoms with E-state index >= 15 is 0 Å². The van der Waals surface area contributed by atoms with Gasteiger partial charge in [-0.05, 0) is 66.8 Å². The number of hydrogen-bond donors (Lipinski definition) is 2. The maximum absolute atomic E-state index is 13.7. The number of aryl methyl sites for hydroxylation is 2. The van der Waals surface area contributed by atoms with Crippen LogP contribution in [0.1, 0.15) is 34.3 Å². The third-order valence-corrected chi connectivity index (χ3v) is 7.33. The fourth-order valence-corrected chi connectivity index (χ4v) is 5.16. The molecule has 3 heterocycles. The van der Waals surface area contributed by atoms with E-state index in [0.717, 1.165) is 83.4 Å². The van der Waals surface area contributed by atoms with Crippen molar-refractivity contribution in [3.05, 3.63) is 77.7 Å². The molecule has 1 amide bonds. The number of piperazine rings is 1. The van der Waals surface area contributed by atoms with Crippen LogP contribution in [-0.2, 0) is 12.6 Å². The normalized spacial score (nSPS) is 16.9. The van der Waals surface area contributed by atoms with Gasteiger partial charge in [-0.2, -0.15) is 5.10 Å². The third kappa shape index (κ3) is 4.06. The minimum atomic E-state index is -0.381. The molecule has 7 heteroatoms. The highest BCUT2D eigenvalue weighted by atomic mass is 16.1. The Hall–Kier alpha value is -3.71. The van der Waals surface area contributed by atoms with Gasteiger partial charge in [-0.25, -0.2) is 0 Å². The predicted molar refractivity (Wildman–Crippen MR) is 139 cm³/mol. The summed E-state index contributed by atoms with van der Waals surface area (Å²) in [7, 11) is 1.92. The summed E-state index contributed by atoms with van der Waals surface area (Å²) >= 11 is 0. The Morgan fingerprint density at radius 2 is 1.91 bits per heavy atom. The first-order chi connectivity index (χ1) is 17.0. The molecular weight excluding hydrogens is 436 g/mol. The van der Waals surface area contributed by atoms with Gasteiger partial charge in [-0.15, -0.1) is 0 Å². The lowest BCUT2D eigenvalue weighted by molar-refractivity contribution is 0.0930. The van der Waals surface area contributed by atoms with Gasteiger partial charge < -0.3 is 15.5 Å². The summed E-state index contributed by atoms with van der Waals surface area (Å²) in [6, 6.07) is 14.6. The molecule has 6 rings (SSSR count). The molecule has 2 aromatic heterocycles. The molecule has 0 unspecified atom stereocenters. The molecule has 0 atom stereocenters. The second-order valence-corrected chi connectivity index (χ2v) is 9.77. The number of amides is 1. The van der Waals surface area contributed by atoms with Gasteiger partial charge in [0.1, 0.15) is 0 Å². The molecule has 4 aromatic rings. The van der Waals surface area contributed by atoms with Crippen LogP contribution in [0.3, 0.4) is 0 Å². The first-order valence-corrected chi connectivity index (χ1v) is 12.3. The minimum Gasteiger partial charge on any atom is -0.369 e. The van der Waals surface area contributed by atoms with E-state index in [9.17, 15) is 4.79 Å². The maximum atomic E-state index is 13.7. The highest BCUT2D eigenvalue weighted by Gasteiger charge is 2.47. The zero-order chi connectivity index (χ0) is 24.0. The largest absolute Gasteiger partial charge is 0.369 e. The van der Waals surface area contributed by atoms with E-state index in [1.54, 1.807) is 4.68 Å². The van der Waals surface area contributed by atoms with E-state index in [2.05, 4.69) is 62.0 Å². The van der Waals surface area contributed by atoms with Crippen LogP contribution >= 0.6 is 0 Å². The standard InChI is InChI=1S/C28H30N6O/c1-19-5-6-22(34-12-10-29-11-13-34)16-24(19)27(35)32-28(7-8-28)25-14-20(21-17-31-33(2)18-21)15-26-23(25)4-3-9-30-26/h3-6,9,14-18,29H,7-8,10-13H2,1-2H3,(H,32,35). The highest BCUT2D eigenvalue weighted by molar-refractivity contribution is 5.98. The van der Waals surface area contributed by atoms with Gasteiger partial charge in [-0.1, -0.05) is 12.1 Å². The molecule has 1 aliphatic heterocycles. The minimum absolute atomic E-state index is 0.0131. The number of carbonyl (C=O) groups is 1. The summed E-state index contributed by atoms with van der Waals surface area (Å²) in [5, 5.41) is 12.3. The average molecular weight is 467 g/mol. The summed E-state index contributed by atoms with van der Waals surface area (Å²) in [6.07, 6.45) is 7.53. The molecule has 0 bridgehead atoms. The number of hydrogen-bond acceptors (Lipinski definition) is 5. The van der Waals surface area contributed by atoms with E-state index in [1.807, 2.05) is 38.6 Å². The van der Waals surface area contributed by atoms with E-state index in [-0.39, 0.29) is 11.4 Å². The Morgan fingerprint density at radius 1 is 1.09 bits per heavy atom. The summed E-state index contributed by atoms with van der Waals surface area (Å²) < 4.78 is 1.81. The van der Waals surface area contributed by atoms with Crippen LogP contribution in [0.4, 0.5) is 5.69 Å². The molecule has 0 spiro atoms. The quantitative estimate of drug-likeness (QED) is 0.468. The van der Waals surface area contributed by atoms with Gasteiger partial charge in [0.05, 0.1) is 17.3 Å². The Kier molecular flexibility index (Phi) is 5.29. The van der Waals surface area contributed by atoms with Crippen molar-refractivity contribution in [1.29, 1.82) is 0 Å². The van der Waals surface area contributed by atoms with Crippen LogP contribution in [0, 0.1) is 6.92 Å². The smallest absolute Gasteiger partial charge is 0.252 e. The lowest BCUT2D eigenvalue weighted by Gasteiger charge is -2.30. The molecule has 0 radical (unpaired) electrons. The van der Waals surface area contributed by atoms with Gasteiger partial charge in [0.25, 0.3) is 5.91 Å². The molecular formula is C28H30N6O. The number of nitrogens with zero attached hydrogens (tertiary/aromatic N) is 4. The van der Waals surface area contributed by atoms with E-state index in [4.69, 9.17) is 0 Å². The van der Waals surface area contributed by atoms with E-state index in [1.165, 1.54) is 0 Å². The SMILES string of the molecule is Cc1ccc(N2CCNCC2)cc1C(=O)NC1(c2cc(-c3cnn(C)c3)cc3ncccc23)CC1.